The van der Waals surface area contributed by atoms with Gasteiger partial charge in [0.15, 0.2) is 5.56 Å². The minimum atomic E-state index is -0.699. The SMILES string of the molecule is Cc1ccc(Oc2ccc(Oc3c(C#N)c(=O)n(C)c(=O)n3C)cc2)cc1. The van der Waals surface area contributed by atoms with E-state index in [9.17, 15) is 14.9 Å². The van der Waals surface area contributed by atoms with Gasteiger partial charge in [-0.1, -0.05) is 17.7 Å². The van der Waals surface area contributed by atoms with Crippen LogP contribution in [-0.2, 0) is 14.1 Å². The van der Waals surface area contributed by atoms with Gasteiger partial charge in [-0.15, -0.1) is 0 Å². The standard InChI is InChI=1S/C20H17N3O4/c1-13-4-6-14(7-5-13)26-15-8-10-16(11-9-15)27-19-17(12-21)18(24)22(2)20(25)23(19)3/h4-11H,1-3H3. The van der Waals surface area contributed by atoms with Crippen LogP contribution >= 0.6 is 0 Å². The molecule has 0 amide bonds. The summed E-state index contributed by atoms with van der Waals surface area (Å²) in [6, 6.07) is 16.1. The Hall–Kier alpha value is -3.79. The Morgan fingerprint density at radius 1 is 0.815 bits per heavy atom. The second-order valence-corrected chi connectivity index (χ2v) is 5.99. The van der Waals surface area contributed by atoms with Crippen molar-refractivity contribution >= 4 is 0 Å². The summed E-state index contributed by atoms with van der Waals surface area (Å²) < 4.78 is 13.4. The molecule has 0 spiro atoms. The van der Waals surface area contributed by atoms with Crippen LogP contribution in [0.1, 0.15) is 11.1 Å². The molecule has 0 saturated carbocycles. The van der Waals surface area contributed by atoms with Gasteiger partial charge in [0.1, 0.15) is 23.3 Å². The van der Waals surface area contributed by atoms with E-state index in [-0.39, 0.29) is 11.4 Å². The molecule has 0 aliphatic rings. The van der Waals surface area contributed by atoms with Crippen LogP contribution in [0.25, 0.3) is 0 Å². The zero-order valence-electron chi connectivity index (χ0n) is 15.1. The third kappa shape index (κ3) is 3.60. The van der Waals surface area contributed by atoms with E-state index in [0.29, 0.717) is 17.2 Å². The van der Waals surface area contributed by atoms with Crippen LogP contribution in [0.4, 0.5) is 0 Å². The third-order valence-electron chi connectivity index (χ3n) is 4.02. The molecule has 7 heteroatoms. The lowest BCUT2D eigenvalue weighted by Crippen LogP contribution is -2.38. The average molecular weight is 363 g/mol. The summed E-state index contributed by atoms with van der Waals surface area (Å²) in [7, 11) is 2.75. The van der Waals surface area contributed by atoms with E-state index in [4.69, 9.17) is 9.47 Å². The molecule has 0 radical (unpaired) electrons. The number of aromatic nitrogens is 2. The highest BCUT2D eigenvalue weighted by Gasteiger charge is 2.17. The molecule has 0 unspecified atom stereocenters. The number of nitriles is 1. The maximum absolute atomic E-state index is 12.1. The molecule has 0 bridgehead atoms. The lowest BCUT2D eigenvalue weighted by atomic mass is 10.2. The van der Waals surface area contributed by atoms with Crippen molar-refractivity contribution in [1.29, 1.82) is 5.26 Å². The van der Waals surface area contributed by atoms with Gasteiger partial charge in [0.2, 0.25) is 5.88 Å². The Balaban J connectivity index is 1.87. The van der Waals surface area contributed by atoms with Crippen molar-refractivity contribution in [2.24, 2.45) is 14.1 Å². The summed E-state index contributed by atoms with van der Waals surface area (Å²) in [4.78, 5) is 24.2. The van der Waals surface area contributed by atoms with Crippen molar-refractivity contribution in [3.63, 3.8) is 0 Å². The van der Waals surface area contributed by atoms with Crippen LogP contribution in [0.3, 0.4) is 0 Å². The molecule has 0 fully saturated rings. The Kier molecular flexibility index (Phi) is 4.81. The van der Waals surface area contributed by atoms with E-state index in [1.54, 1.807) is 30.3 Å². The molecule has 1 heterocycles. The zero-order chi connectivity index (χ0) is 19.6. The first kappa shape index (κ1) is 18.0. The van der Waals surface area contributed by atoms with Crippen LogP contribution < -0.4 is 20.7 Å². The van der Waals surface area contributed by atoms with Gasteiger partial charge < -0.3 is 9.47 Å². The monoisotopic (exact) mass is 363 g/mol. The summed E-state index contributed by atoms with van der Waals surface area (Å²) >= 11 is 0. The van der Waals surface area contributed by atoms with E-state index >= 15 is 0 Å². The van der Waals surface area contributed by atoms with Crippen LogP contribution in [0.15, 0.2) is 58.1 Å². The Bertz CT molecular complexity index is 1130. The predicted molar refractivity (Wildman–Crippen MR) is 99.4 cm³/mol. The molecule has 0 aliphatic heterocycles. The van der Waals surface area contributed by atoms with Crippen LogP contribution in [0, 0.1) is 18.3 Å². The van der Waals surface area contributed by atoms with E-state index in [1.165, 1.54) is 14.1 Å². The highest BCUT2D eigenvalue weighted by molar-refractivity contribution is 5.41. The molecule has 2 aromatic carbocycles. The number of ether oxygens (including phenoxy) is 2. The van der Waals surface area contributed by atoms with Gasteiger partial charge in [0.25, 0.3) is 5.56 Å². The molecule has 1 aromatic heterocycles. The molecule has 0 N–H and O–H groups in total. The summed E-state index contributed by atoms with van der Waals surface area (Å²) in [5.74, 6) is 1.57. The van der Waals surface area contributed by atoms with Crippen molar-refractivity contribution in [3.8, 4) is 29.2 Å². The smallest absolute Gasteiger partial charge is 0.333 e. The van der Waals surface area contributed by atoms with Crippen LogP contribution in [0.2, 0.25) is 0 Å². The number of rotatable bonds is 4. The Labute approximate surface area is 155 Å². The van der Waals surface area contributed by atoms with Gasteiger partial charge in [0.05, 0.1) is 0 Å². The quantitative estimate of drug-likeness (QED) is 0.711. The molecular weight excluding hydrogens is 346 g/mol. The summed E-state index contributed by atoms with van der Waals surface area (Å²) in [6.07, 6.45) is 0. The lowest BCUT2D eigenvalue weighted by molar-refractivity contribution is 0.419. The fourth-order valence-electron chi connectivity index (χ4n) is 2.47. The van der Waals surface area contributed by atoms with Crippen molar-refractivity contribution in [2.75, 3.05) is 0 Å². The first-order valence-electron chi connectivity index (χ1n) is 8.13. The topological polar surface area (TPSA) is 86.2 Å². The summed E-state index contributed by atoms with van der Waals surface area (Å²) in [5, 5.41) is 9.27. The first-order chi connectivity index (χ1) is 12.9. The number of aryl methyl sites for hydroxylation is 1. The van der Waals surface area contributed by atoms with Crippen molar-refractivity contribution in [2.45, 2.75) is 6.92 Å². The van der Waals surface area contributed by atoms with E-state index < -0.39 is 11.2 Å². The number of hydrogen-bond acceptors (Lipinski definition) is 5. The van der Waals surface area contributed by atoms with E-state index in [0.717, 1.165) is 14.7 Å². The highest BCUT2D eigenvalue weighted by atomic mass is 16.5. The molecule has 3 aromatic rings. The highest BCUT2D eigenvalue weighted by Crippen LogP contribution is 2.27. The summed E-state index contributed by atoms with van der Waals surface area (Å²) in [5.41, 5.74) is -0.373. The van der Waals surface area contributed by atoms with Crippen molar-refractivity contribution in [3.05, 3.63) is 80.5 Å². The number of benzene rings is 2. The average Bonchev–Trinajstić information content (AvgIpc) is 2.68. The minimum Gasteiger partial charge on any atom is -0.457 e. The third-order valence-corrected chi connectivity index (χ3v) is 4.02. The fraction of sp³-hybridized carbons (Fsp3) is 0.150. The van der Waals surface area contributed by atoms with Gasteiger partial charge >= 0.3 is 5.69 Å². The van der Waals surface area contributed by atoms with Gasteiger partial charge in [-0.2, -0.15) is 5.26 Å². The van der Waals surface area contributed by atoms with Gasteiger partial charge in [-0.05, 0) is 43.3 Å². The zero-order valence-corrected chi connectivity index (χ0v) is 15.1. The van der Waals surface area contributed by atoms with Gasteiger partial charge in [-0.25, -0.2) is 4.79 Å². The lowest BCUT2D eigenvalue weighted by Gasteiger charge is -2.13. The Morgan fingerprint density at radius 2 is 1.30 bits per heavy atom. The molecule has 27 heavy (non-hydrogen) atoms. The molecule has 0 aliphatic carbocycles. The largest absolute Gasteiger partial charge is 0.457 e. The number of nitrogens with zero attached hydrogens (tertiary/aromatic N) is 3. The van der Waals surface area contributed by atoms with Crippen LogP contribution in [-0.4, -0.2) is 9.13 Å². The normalized spacial score (nSPS) is 10.3. The maximum Gasteiger partial charge on any atom is 0.333 e. The van der Waals surface area contributed by atoms with E-state index in [1.807, 2.05) is 31.2 Å². The molecular formula is C20H17N3O4. The van der Waals surface area contributed by atoms with Crippen molar-refractivity contribution in [1.82, 2.24) is 9.13 Å². The summed E-state index contributed by atoms with van der Waals surface area (Å²) in [6.45, 7) is 2.00. The fourth-order valence-corrected chi connectivity index (χ4v) is 2.47. The Morgan fingerprint density at radius 3 is 1.81 bits per heavy atom. The second-order valence-electron chi connectivity index (χ2n) is 5.99. The number of hydrogen-bond donors (Lipinski definition) is 0. The molecule has 136 valence electrons. The van der Waals surface area contributed by atoms with Gasteiger partial charge in [0, 0.05) is 14.1 Å². The first-order valence-corrected chi connectivity index (χ1v) is 8.13. The van der Waals surface area contributed by atoms with Gasteiger partial charge in [-0.3, -0.25) is 13.9 Å². The molecule has 3 rings (SSSR count). The van der Waals surface area contributed by atoms with Crippen LogP contribution in [0.5, 0.6) is 23.1 Å². The molecule has 0 atom stereocenters. The molecule has 0 saturated heterocycles. The minimum absolute atomic E-state index is 0.0993. The maximum atomic E-state index is 12.1. The predicted octanol–water partition coefficient (Wildman–Crippen LogP) is 2.85. The van der Waals surface area contributed by atoms with Crippen molar-refractivity contribution < 1.29 is 9.47 Å². The van der Waals surface area contributed by atoms with E-state index in [2.05, 4.69) is 0 Å². The second kappa shape index (κ2) is 7.22. The molecule has 7 nitrogen and oxygen atoms in total.